The SMILES string of the molecule is CN1CCC(c2c[nH]c3c2C=CCC(Nc2ccc4c(C5CCN(C)CC5)c[nH]c4c2)=C3)CC1. The van der Waals surface area contributed by atoms with E-state index in [-0.39, 0.29) is 0 Å². The lowest BCUT2D eigenvalue weighted by Crippen LogP contribution is -2.29. The largest absolute Gasteiger partial charge is 0.361 e. The Morgan fingerprint density at radius 2 is 1.53 bits per heavy atom. The fourth-order valence-electron chi connectivity index (χ4n) is 6.12. The molecule has 178 valence electrons. The number of nitrogens with one attached hydrogen (secondary N) is 3. The van der Waals surface area contributed by atoms with Gasteiger partial charge in [-0.25, -0.2) is 0 Å². The first-order valence-electron chi connectivity index (χ1n) is 13.0. The molecule has 2 aromatic heterocycles. The molecule has 6 rings (SSSR count). The molecule has 5 heteroatoms. The van der Waals surface area contributed by atoms with Gasteiger partial charge in [0.1, 0.15) is 0 Å². The molecule has 0 amide bonds. The summed E-state index contributed by atoms with van der Waals surface area (Å²) in [5.74, 6) is 1.33. The van der Waals surface area contributed by atoms with E-state index in [1.807, 2.05) is 0 Å². The Kier molecular flexibility index (Phi) is 5.84. The maximum atomic E-state index is 3.70. The standard InChI is InChI=1S/C29H37N5/c1-33-12-8-20(9-13-33)26-18-30-28-16-22(4-3-5-24(26)28)32-23-6-7-25-27(19-31-29(25)17-23)21-10-14-34(2)15-11-21/h3,5-7,16-21,30-32H,4,8-15H2,1-2H3. The average molecular weight is 456 g/mol. The van der Waals surface area contributed by atoms with Crippen LogP contribution >= 0.6 is 0 Å². The third-order valence-corrected chi connectivity index (χ3v) is 8.26. The lowest BCUT2D eigenvalue weighted by molar-refractivity contribution is 0.255. The summed E-state index contributed by atoms with van der Waals surface area (Å²) < 4.78 is 0. The molecular formula is C29H37N5. The summed E-state index contributed by atoms with van der Waals surface area (Å²) in [6, 6.07) is 6.81. The molecule has 1 aromatic carbocycles. The lowest BCUT2D eigenvalue weighted by atomic mass is 9.88. The number of nitrogens with zero attached hydrogens (tertiary/aromatic N) is 2. The summed E-state index contributed by atoms with van der Waals surface area (Å²) in [5, 5.41) is 5.08. The van der Waals surface area contributed by atoms with Crippen LogP contribution in [0.3, 0.4) is 0 Å². The Morgan fingerprint density at radius 3 is 2.26 bits per heavy atom. The molecule has 0 spiro atoms. The van der Waals surface area contributed by atoms with Gasteiger partial charge in [0.25, 0.3) is 0 Å². The van der Waals surface area contributed by atoms with Crippen molar-refractivity contribution in [3.63, 3.8) is 0 Å². The van der Waals surface area contributed by atoms with Gasteiger partial charge in [-0.2, -0.15) is 0 Å². The van der Waals surface area contributed by atoms with Crippen LogP contribution in [0.2, 0.25) is 0 Å². The van der Waals surface area contributed by atoms with E-state index in [1.54, 1.807) is 0 Å². The molecule has 0 unspecified atom stereocenters. The highest BCUT2D eigenvalue weighted by Gasteiger charge is 2.23. The number of aromatic nitrogens is 2. The number of allylic oxidation sites excluding steroid dienone is 1. The van der Waals surface area contributed by atoms with Crippen molar-refractivity contribution in [1.29, 1.82) is 0 Å². The van der Waals surface area contributed by atoms with Crippen LogP contribution in [0.4, 0.5) is 5.69 Å². The van der Waals surface area contributed by atoms with Crippen molar-refractivity contribution >= 4 is 28.7 Å². The highest BCUT2D eigenvalue weighted by atomic mass is 15.1. The van der Waals surface area contributed by atoms with Crippen molar-refractivity contribution in [2.45, 2.75) is 43.9 Å². The molecule has 2 aliphatic heterocycles. The van der Waals surface area contributed by atoms with Crippen molar-refractivity contribution in [2.75, 3.05) is 45.6 Å². The first kappa shape index (κ1) is 21.8. The number of aromatic amines is 2. The van der Waals surface area contributed by atoms with Crippen LogP contribution in [-0.4, -0.2) is 60.0 Å². The molecule has 0 bridgehead atoms. The van der Waals surface area contributed by atoms with Crippen LogP contribution in [0.15, 0.2) is 42.4 Å². The zero-order valence-corrected chi connectivity index (χ0v) is 20.5. The van der Waals surface area contributed by atoms with Gasteiger partial charge in [-0.15, -0.1) is 0 Å². The topological polar surface area (TPSA) is 50.1 Å². The van der Waals surface area contributed by atoms with Gasteiger partial charge in [-0.05, 0) is 107 Å². The van der Waals surface area contributed by atoms with Crippen LogP contribution in [0.5, 0.6) is 0 Å². The Hall–Kier alpha value is -2.76. The Bertz CT molecular complexity index is 1210. The number of hydrogen-bond acceptors (Lipinski definition) is 3. The number of anilines is 1. The second-order valence-electron chi connectivity index (χ2n) is 10.6. The summed E-state index contributed by atoms with van der Waals surface area (Å²) in [7, 11) is 4.46. The van der Waals surface area contributed by atoms with Gasteiger partial charge in [-0.3, -0.25) is 0 Å². The fourth-order valence-corrected chi connectivity index (χ4v) is 6.12. The maximum absolute atomic E-state index is 3.70. The van der Waals surface area contributed by atoms with E-state index in [0.29, 0.717) is 11.8 Å². The summed E-state index contributed by atoms with van der Waals surface area (Å²) >= 11 is 0. The van der Waals surface area contributed by atoms with Crippen molar-refractivity contribution < 1.29 is 0 Å². The highest BCUT2D eigenvalue weighted by Crippen LogP contribution is 2.36. The van der Waals surface area contributed by atoms with E-state index < -0.39 is 0 Å². The molecule has 5 nitrogen and oxygen atoms in total. The van der Waals surface area contributed by atoms with Crippen LogP contribution in [-0.2, 0) is 0 Å². The third-order valence-electron chi connectivity index (χ3n) is 8.26. The van der Waals surface area contributed by atoms with Gasteiger partial charge >= 0.3 is 0 Å². The van der Waals surface area contributed by atoms with Crippen LogP contribution in [0.1, 0.15) is 66.3 Å². The number of benzene rings is 1. The smallest absolute Gasteiger partial charge is 0.0477 e. The van der Waals surface area contributed by atoms with Crippen LogP contribution in [0, 0.1) is 0 Å². The predicted molar refractivity (Wildman–Crippen MR) is 143 cm³/mol. The molecule has 3 N–H and O–H groups in total. The number of rotatable bonds is 4. The zero-order valence-electron chi connectivity index (χ0n) is 20.5. The molecular weight excluding hydrogens is 418 g/mol. The van der Waals surface area contributed by atoms with E-state index in [2.05, 4.69) is 88.0 Å². The number of hydrogen-bond donors (Lipinski definition) is 3. The molecule has 4 heterocycles. The summed E-state index contributed by atoms with van der Waals surface area (Å²) in [4.78, 5) is 12.0. The average Bonchev–Trinajstić information content (AvgIpc) is 3.38. The monoisotopic (exact) mass is 455 g/mol. The van der Waals surface area contributed by atoms with Crippen molar-refractivity contribution in [3.8, 4) is 0 Å². The van der Waals surface area contributed by atoms with Crippen LogP contribution in [0.25, 0.3) is 23.1 Å². The third kappa shape index (κ3) is 4.23. The first-order valence-corrected chi connectivity index (χ1v) is 13.0. The Balaban J connectivity index is 1.20. The molecule has 2 fully saturated rings. The first-order chi connectivity index (χ1) is 16.6. The molecule has 0 atom stereocenters. The Labute approximate surface area is 202 Å². The summed E-state index contributed by atoms with van der Waals surface area (Å²) in [6.45, 7) is 4.77. The quantitative estimate of drug-likeness (QED) is 0.453. The van der Waals surface area contributed by atoms with E-state index in [4.69, 9.17) is 0 Å². The lowest BCUT2D eigenvalue weighted by Gasteiger charge is -2.29. The fraction of sp³-hybridized carbons (Fsp3) is 0.448. The van der Waals surface area contributed by atoms with Gasteiger partial charge < -0.3 is 25.1 Å². The molecule has 3 aliphatic rings. The molecule has 3 aromatic rings. The second kappa shape index (κ2) is 9.12. The van der Waals surface area contributed by atoms with E-state index in [0.717, 1.165) is 12.1 Å². The molecule has 1 aliphatic carbocycles. The summed E-state index contributed by atoms with van der Waals surface area (Å²) in [5.41, 5.74) is 9.20. The number of H-pyrrole nitrogens is 2. The summed E-state index contributed by atoms with van der Waals surface area (Å²) in [6.07, 6.45) is 17.3. The predicted octanol–water partition coefficient (Wildman–Crippen LogP) is 5.98. The van der Waals surface area contributed by atoms with E-state index in [1.165, 1.54) is 90.8 Å². The second-order valence-corrected chi connectivity index (χ2v) is 10.6. The number of fused-ring (bicyclic) bond motifs is 2. The van der Waals surface area contributed by atoms with Gasteiger partial charge in [0.15, 0.2) is 0 Å². The number of likely N-dealkylation sites (tertiary alicyclic amines) is 2. The minimum absolute atomic E-state index is 0.665. The minimum atomic E-state index is 0.665. The highest BCUT2D eigenvalue weighted by molar-refractivity contribution is 5.87. The van der Waals surface area contributed by atoms with Crippen LogP contribution < -0.4 is 5.32 Å². The van der Waals surface area contributed by atoms with Gasteiger partial charge in [0.2, 0.25) is 0 Å². The maximum Gasteiger partial charge on any atom is 0.0477 e. The zero-order chi connectivity index (χ0) is 23.1. The number of piperidine rings is 2. The van der Waals surface area contributed by atoms with Crippen molar-refractivity contribution in [2.24, 2.45) is 0 Å². The van der Waals surface area contributed by atoms with Crippen molar-refractivity contribution in [3.05, 3.63) is 64.8 Å². The molecule has 34 heavy (non-hydrogen) atoms. The molecule has 2 saturated heterocycles. The normalized spacial score (nSPS) is 20.9. The molecule has 0 radical (unpaired) electrons. The van der Waals surface area contributed by atoms with Gasteiger partial charge in [-0.1, -0.05) is 18.2 Å². The molecule has 0 saturated carbocycles. The minimum Gasteiger partial charge on any atom is -0.361 e. The van der Waals surface area contributed by atoms with Gasteiger partial charge in [0, 0.05) is 52.4 Å². The van der Waals surface area contributed by atoms with Gasteiger partial charge in [0.05, 0.1) is 0 Å². The van der Waals surface area contributed by atoms with E-state index >= 15 is 0 Å². The van der Waals surface area contributed by atoms with E-state index in [9.17, 15) is 0 Å². The Morgan fingerprint density at radius 1 is 0.853 bits per heavy atom. The van der Waals surface area contributed by atoms with Crippen molar-refractivity contribution in [1.82, 2.24) is 19.8 Å².